The number of oxime groups is 1. The molecule has 3 atom stereocenters. The first kappa shape index (κ1) is 21.5. The molecule has 156 valence electrons. The predicted molar refractivity (Wildman–Crippen MR) is 104 cm³/mol. The van der Waals surface area contributed by atoms with Gasteiger partial charge in [0.25, 0.3) is 0 Å². The highest BCUT2D eigenvalue weighted by Crippen LogP contribution is 2.24. The lowest BCUT2D eigenvalue weighted by atomic mass is 10.2. The molecule has 1 aromatic carbocycles. The van der Waals surface area contributed by atoms with Gasteiger partial charge in [0, 0.05) is 11.7 Å². The van der Waals surface area contributed by atoms with Gasteiger partial charge in [-0.25, -0.2) is 9.02 Å². The van der Waals surface area contributed by atoms with Crippen LogP contribution in [0.4, 0.5) is 10.1 Å². The summed E-state index contributed by atoms with van der Waals surface area (Å²) < 4.78 is 18.3. The molecule has 1 amide bonds. The predicted octanol–water partition coefficient (Wildman–Crippen LogP) is 1.31. The molecule has 0 aliphatic heterocycles. The molecular weight excluding hydrogens is 473 g/mol. The third-order valence-corrected chi connectivity index (χ3v) is 5.72. The van der Waals surface area contributed by atoms with E-state index < -0.39 is 18.0 Å². The number of nitrogens with zero attached hydrogens (tertiary/aromatic N) is 3. The van der Waals surface area contributed by atoms with Crippen molar-refractivity contribution in [3.63, 3.8) is 0 Å². The van der Waals surface area contributed by atoms with Crippen molar-refractivity contribution in [1.29, 1.82) is 0 Å². The molecule has 1 saturated carbocycles. The molecule has 3 rings (SSSR count). The molecule has 0 bridgehead atoms. The molecule has 1 aliphatic carbocycles. The minimum Gasteiger partial charge on any atom is -0.409 e. The van der Waals surface area contributed by atoms with Crippen LogP contribution in [-0.4, -0.2) is 61.5 Å². The van der Waals surface area contributed by atoms with Crippen LogP contribution in [0.5, 0.6) is 0 Å². The molecule has 10 nitrogen and oxygen atoms in total. The van der Waals surface area contributed by atoms with Crippen molar-refractivity contribution in [2.45, 2.75) is 36.1 Å². The molecule has 1 heterocycles. The van der Waals surface area contributed by atoms with Crippen LogP contribution < -0.4 is 10.6 Å². The van der Waals surface area contributed by atoms with E-state index in [1.807, 2.05) is 0 Å². The number of rotatable bonds is 6. The third kappa shape index (κ3) is 5.44. The van der Waals surface area contributed by atoms with Gasteiger partial charge in [0.2, 0.25) is 11.7 Å². The number of hydrogen-bond donors (Lipinski definition) is 5. The lowest BCUT2D eigenvalue weighted by Crippen LogP contribution is -2.34. The molecule has 2 aromatic rings. The number of thioether (sulfide) groups is 1. The minimum atomic E-state index is -0.847. The quantitative estimate of drug-likeness (QED) is 0.133. The number of amides is 1. The summed E-state index contributed by atoms with van der Waals surface area (Å²) in [6, 6.07) is 3.79. The summed E-state index contributed by atoms with van der Waals surface area (Å²) in [5, 5.41) is 44.6. The van der Waals surface area contributed by atoms with Gasteiger partial charge in [-0.05, 0) is 57.3 Å². The van der Waals surface area contributed by atoms with Crippen LogP contribution in [0.25, 0.3) is 0 Å². The molecule has 0 saturated heterocycles. The van der Waals surface area contributed by atoms with E-state index in [2.05, 4.69) is 46.7 Å². The maximum atomic E-state index is 13.4. The van der Waals surface area contributed by atoms with Crippen LogP contribution in [-0.2, 0) is 4.79 Å². The summed E-state index contributed by atoms with van der Waals surface area (Å²) in [5.41, 5.74) is 0.485. The second kappa shape index (κ2) is 9.52. The Kier molecular flexibility index (Phi) is 7.05. The van der Waals surface area contributed by atoms with Crippen molar-refractivity contribution in [2.24, 2.45) is 5.16 Å². The molecule has 29 heavy (non-hydrogen) atoms. The van der Waals surface area contributed by atoms with Gasteiger partial charge >= 0.3 is 0 Å². The molecule has 1 fully saturated rings. The summed E-state index contributed by atoms with van der Waals surface area (Å²) in [4.78, 5) is 12.1. The number of aliphatic hydroxyl groups excluding tert-OH is 2. The SMILES string of the molecule is O=C(CSc1nonc1C(=NO)Nc1ccc(F)c(Br)c1)N[C@H]1C[C@@H](O)[C@@H](O)C1. The molecular formula is C16H17BrFN5O5S. The number of carbonyl (C=O) groups is 1. The van der Waals surface area contributed by atoms with Gasteiger partial charge in [-0.15, -0.1) is 0 Å². The number of benzene rings is 1. The maximum absolute atomic E-state index is 13.4. The first-order valence-corrected chi connectivity index (χ1v) is 10.2. The van der Waals surface area contributed by atoms with E-state index in [0.29, 0.717) is 5.69 Å². The van der Waals surface area contributed by atoms with Gasteiger partial charge in [-0.1, -0.05) is 16.9 Å². The number of amidine groups is 1. The summed E-state index contributed by atoms with van der Waals surface area (Å²) in [6.45, 7) is 0. The number of halogens is 2. The third-order valence-electron chi connectivity index (χ3n) is 4.17. The highest BCUT2D eigenvalue weighted by molar-refractivity contribution is 9.10. The Labute approximate surface area is 176 Å². The molecule has 5 N–H and O–H groups in total. The molecule has 0 spiro atoms. The van der Waals surface area contributed by atoms with Crippen LogP contribution in [0.3, 0.4) is 0 Å². The number of nitrogens with one attached hydrogen (secondary N) is 2. The van der Waals surface area contributed by atoms with E-state index in [1.165, 1.54) is 18.2 Å². The van der Waals surface area contributed by atoms with Crippen molar-refractivity contribution in [1.82, 2.24) is 15.6 Å². The zero-order valence-electron chi connectivity index (χ0n) is 14.7. The standard InChI is InChI=1S/C16H17BrFN5O5S/c17-9-3-7(1-2-10(9)18)20-15(21-27)14-16(23-28-22-14)29-6-13(26)19-8-4-11(24)12(25)5-8/h1-3,8,11-12,24-25,27H,4-6H2,(H,19,26)(H,20,21)/t8-,11+,12-. The highest BCUT2D eigenvalue weighted by Gasteiger charge is 2.32. The molecule has 0 unspecified atom stereocenters. The van der Waals surface area contributed by atoms with E-state index in [1.54, 1.807) is 0 Å². The molecule has 1 aromatic heterocycles. The minimum absolute atomic E-state index is 0.0370. The fourth-order valence-electron chi connectivity index (χ4n) is 2.78. The zero-order valence-corrected chi connectivity index (χ0v) is 17.2. The second-order valence-electron chi connectivity index (χ2n) is 6.28. The summed E-state index contributed by atoms with van der Waals surface area (Å²) in [6.07, 6.45) is -1.13. The van der Waals surface area contributed by atoms with E-state index in [-0.39, 0.29) is 51.6 Å². The van der Waals surface area contributed by atoms with Crippen LogP contribution in [0.15, 0.2) is 37.5 Å². The Morgan fingerprint density at radius 2 is 2.07 bits per heavy atom. The molecule has 0 radical (unpaired) electrons. The first-order chi connectivity index (χ1) is 13.9. The van der Waals surface area contributed by atoms with Gasteiger partial charge in [0.05, 0.1) is 22.4 Å². The van der Waals surface area contributed by atoms with E-state index >= 15 is 0 Å². The van der Waals surface area contributed by atoms with Crippen molar-refractivity contribution in [2.75, 3.05) is 11.1 Å². The Morgan fingerprint density at radius 3 is 2.72 bits per heavy atom. The Hall–Kier alpha value is -2.22. The zero-order chi connectivity index (χ0) is 21.0. The first-order valence-electron chi connectivity index (χ1n) is 8.42. The number of aromatic nitrogens is 2. The average molecular weight is 490 g/mol. The van der Waals surface area contributed by atoms with Crippen molar-refractivity contribution < 1.29 is 29.2 Å². The number of carbonyl (C=O) groups excluding carboxylic acids is 1. The fourth-order valence-corrected chi connectivity index (χ4v) is 3.86. The second-order valence-corrected chi connectivity index (χ2v) is 8.10. The Morgan fingerprint density at radius 1 is 1.34 bits per heavy atom. The van der Waals surface area contributed by atoms with Crippen LogP contribution in [0.2, 0.25) is 0 Å². The smallest absolute Gasteiger partial charge is 0.230 e. The van der Waals surface area contributed by atoms with Gasteiger partial charge in [-0.2, -0.15) is 0 Å². The largest absolute Gasteiger partial charge is 0.409 e. The van der Waals surface area contributed by atoms with Gasteiger partial charge < -0.3 is 26.1 Å². The highest BCUT2D eigenvalue weighted by atomic mass is 79.9. The van der Waals surface area contributed by atoms with Crippen molar-refractivity contribution in [3.05, 3.63) is 34.2 Å². The maximum Gasteiger partial charge on any atom is 0.230 e. The monoisotopic (exact) mass is 489 g/mol. The lowest BCUT2D eigenvalue weighted by Gasteiger charge is -2.11. The number of anilines is 1. The topological polar surface area (TPSA) is 153 Å². The molecule has 13 heteroatoms. The summed E-state index contributed by atoms with van der Waals surface area (Å²) in [5.74, 6) is -0.918. The van der Waals surface area contributed by atoms with Crippen LogP contribution in [0, 0.1) is 5.82 Å². The normalized spacial score (nSPS) is 21.9. The summed E-state index contributed by atoms with van der Waals surface area (Å²) in [7, 11) is 0. The number of hydrogen-bond acceptors (Lipinski definition) is 9. The summed E-state index contributed by atoms with van der Waals surface area (Å²) >= 11 is 4.06. The Balaban J connectivity index is 1.60. The number of aliphatic hydroxyl groups is 2. The van der Waals surface area contributed by atoms with Crippen molar-refractivity contribution >= 4 is 45.1 Å². The lowest BCUT2D eigenvalue weighted by molar-refractivity contribution is -0.119. The van der Waals surface area contributed by atoms with Crippen LogP contribution in [0.1, 0.15) is 18.5 Å². The van der Waals surface area contributed by atoms with Gasteiger partial charge in [-0.3, -0.25) is 4.79 Å². The van der Waals surface area contributed by atoms with E-state index in [9.17, 15) is 24.6 Å². The van der Waals surface area contributed by atoms with Gasteiger partial charge in [0.15, 0.2) is 10.7 Å². The molecule has 1 aliphatic rings. The van der Waals surface area contributed by atoms with Crippen molar-refractivity contribution in [3.8, 4) is 0 Å². The van der Waals surface area contributed by atoms with E-state index in [0.717, 1.165) is 11.8 Å². The van der Waals surface area contributed by atoms with E-state index in [4.69, 9.17) is 0 Å². The van der Waals surface area contributed by atoms with Gasteiger partial charge in [0.1, 0.15) is 5.82 Å². The Bertz CT molecular complexity index is 904. The average Bonchev–Trinajstić information content (AvgIpc) is 3.27. The van der Waals surface area contributed by atoms with Crippen LogP contribution >= 0.6 is 27.7 Å². The fraction of sp³-hybridized carbons (Fsp3) is 0.375.